The molecule has 1 fully saturated rings. The van der Waals surface area contributed by atoms with Crippen molar-refractivity contribution in [3.8, 4) is 0 Å². The fourth-order valence-electron chi connectivity index (χ4n) is 1.76. The Bertz CT molecular complexity index is 513. The lowest BCUT2D eigenvalue weighted by molar-refractivity contribution is 0.234. The van der Waals surface area contributed by atoms with Gasteiger partial charge in [0.05, 0.1) is 10.6 Å². The summed E-state index contributed by atoms with van der Waals surface area (Å²) in [5.74, 6) is -3.40. The van der Waals surface area contributed by atoms with E-state index in [1.807, 2.05) is 0 Å². The van der Waals surface area contributed by atoms with E-state index in [0.717, 1.165) is 0 Å². The molecule has 2 N–H and O–H groups in total. The van der Waals surface area contributed by atoms with Crippen molar-refractivity contribution >= 4 is 15.5 Å². The Morgan fingerprint density at radius 2 is 1.88 bits per heavy atom. The fourth-order valence-corrected chi connectivity index (χ4v) is 2.71. The Labute approximate surface area is 97.9 Å². The van der Waals surface area contributed by atoms with E-state index in [0.29, 0.717) is 18.8 Å². The van der Waals surface area contributed by atoms with Crippen LogP contribution in [0, 0.1) is 0 Å². The lowest BCUT2D eigenvalue weighted by Crippen LogP contribution is -2.56. The third kappa shape index (κ3) is 2.12. The molecule has 4 nitrogen and oxygen atoms in total. The average molecular weight is 262 g/mol. The van der Waals surface area contributed by atoms with Crippen LogP contribution in [0.5, 0.6) is 0 Å². The predicted molar refractivity (Wildman–Crippen MR) is 59.8 cm³/mol. The van der Waals surface area contributed by atoms with Crippen molar-refractivity contribution in [1.82, 2.24) is 0 Å². The second kappa shape index (κ2) is 4.23. The first-order valence-corrected chi connectivity index (χ1v) is 6.59. The van der Waals surface area contributed by atoms with Gasteiger partial charge in [0.25, 0.3) is 0 Å². The number of sulfone groups is 1. The zero-order valence-corrected chi connectivity index (χ0v) is 9.70. The summed E-state index contributed by atoms with van der Waals surface area (Å²) < 4.78 is 48.0. The summed E-state index contributed by atoms with van der Waals surface area (Å²) >= 11 is 0. The van der Waals surface area contributed by atoms with Crippen LogP contribution in [0.2, 0.25) is 0 Å². The van der Waals surface area contributed by atoms with Gasteiger partial charge in [-0.1, -0.05) is 12.1 Å². The minimum absolute atomic E-state index is 0.0303. The maximum Gasteiger partial charge on any atom is 0.341 e. The van der Waals surface area contributed by atoms with Crippen molar-refractivity contribution in [3.63, 3.8) is 0 Å². The smallest absolute Gasteiger partial charge is 0.341 e. The Hall–Kier alpha value is -1.21. The topological polar surface area (TPSA) is 63.4 Å². The summed E-state index contributed by atoms with van der Waals surface area (Å²) in [6, 6.07) is 5.72. The molecule has 17 heavy (non-hydrogen) atoms. The number of nitrogens with two attached hydrogens (primary N) is 1. The van der Waals surface area contributed by atoms with E-state index in [1.54, 1.807) is 11.0 Å². The van der Waals surface area contributed by atoms with Crippen LogP contribution in [0.3, 0.4) is 0 Å². The molecule has 0 bridgehead atoms. The first-order chi connectivity index (χ1) is 7.93. The Morgan fingerprint density at radius 3 is 2.41 bits per heavy atom. The molecule has 0 unspecified atom stereocenters. The molecule has 1 aromatic carbocycles. The highest BCUT2D eigenvalue weighted by Crippen LogP contribution is 2.31. The molecule has 2 rings (SSSR count). The van der Waals surface area contributed by atoms with Crippen molar-refractivity contribution in [2.45, 2.75) is 16.7 Å². The van der Waals surface area contributed by atoms with Crippen LogP contribution in [0.15, 0.2) is 29.2 Å². The third-order valence-electron chi connectivity index (χ3n) is 2.66. The molecule has 0 amide bonds. The van der Waals surface area contributed by atoms with Gasteiger partial charge in [0.1, 0.15) is 0 Å². The zero-order valence-electron chi connectivity index (χ0n) is 8.88. The molecule has 0 spiro atoms. The van der Waals surface area contributed by atoms with E-state index < -0.39 is 15.6 Å². The molecule has 0 saturated carbocycles. The molecule has 0 atom stereocenters. The molecular weight excluding hydrogens is 250 g/mol. The summed E-state index contributed by atoms with van der Waals surface area (Å²) in [7, 11) is -4.56. The fraction of sp³-hybridized carbons (Fsp3) is 0.400. The van der Waals surface area contributed by atoms with Crippen LogP contribution in [-0.2, 0) is 9.84 Å². The Morgan fingerprint density at radius 1 is 1.29 bits per heavy atom. The van der Waals surface area contributed by atoms with Crippen LogP contribution in [0.1, 0.15) is 0 Å². The molecule has 94 valence electrons. The van der Waals surface area contributed by atoms with E-state index in [2.05, 4.69) is 0 Å². The van der Waals surface area contributed by atoms with Crippen molar-refractivity contribution in [2.75, 3.05) is 18.0 Å². The van der Waals surface area contributed by atoms with Gasteiger partial charge in [0.15, 0.2) is 0 Å². The molecule has 1 saturated heterocycles. The summed E-state index contributed by atoms with van der Waals surface area (Å²) in [4.78, 5) is 1.35. The van der Waals surface area contributed by atoms with Crippen LogP contribution in [0.4, 0.5) is 14.5 Å². The van der Waals surface area contributed by atoms with Gasteiger partial charge >= 0.3 is 5.76 Å². The highest BCUT2D eigenvalue weighted by Gasteiger charge is 2.33. The van der Waals surface area contributed by atoms with E-state index in [1.165, 1.54) is 18.2 Å². The standard InChI is InChI=1S/C10H12F2N2O2S/c11-10(12)17(15,16)9-4-2-1-3-8(9)14-5-7(13)6-14/h1-4,7,10H,5-6,13H2. The number of anilines is 1. The lowest BCUT2D eigenvalue weighted by atomic mass is 10.1. The Kier molecular flexibility index (Phi) is 3.05. The highest BCUT2D eigenvalue weighted by atomic mass is 32.2. The van der Waals surface area contributed by atoms with Gasteiger partial charge in [-0.15, -0.1) is 0 Å². The average Bonchev–Trinajstić information content (AvgIpc) is 2.24. The van der Waals surface area contributed by atoms with Gasteiger partial charge in [0.2, 0.25) is 9.84 Å². The lowest BCUT2D eigenvalue weighted by Gasteiger charge is -2.39. The molecule has 1 aliphatic heterocycles. The first kappa shape index (κ1) is 12.3. The number of hydrogen-bond donors (Lipinski definition) is 1. The van der Waals surface area contributed by atoms with Crippen molar-refractivity contribution in [3.05, 3.63) is 24.3 Å². The maximum atomic E-state index is 12.5. The van der Waals surface area contributed by atoms with Gasteiger partial charge in [-0.05, 0) is 12.1 Å². The maximum absolute atomic E-state index is 12.5. The van der Waals surface area contributed by atoms with Crippen molar-refractivity contribution in [2.24, 2.45) is 5.73 Å². The monoisotopic (exact) mass is 262 g/mol. The number of halogens is 2. The number of rotatable bonds is 3. The van der Waals surface area contributed by atoms with Crippen molar-refractivity contribution < 1.29 is 17.2 Å². The third-order valence-corrected chi connectivity index (χ3v) is 4.08. The Balaban J connectivity index is 2.42. The minimum atomic E-state index is -4.56. The van der Waals surface area contributed by atoms with E-state index in [9.17, 15) is 17.2 Å². The number of alkyl halides is 2. The molecule has 0 radical (unpaired) electrons. The van der Waals surface area contributed by atoms with Crippen molar-refractivity contribution in [1.29, 1.82) is 0 Å². The van der Waals surface area contributed by atoms with E-state index >= 15 is 0 Å². The van der Waals surface area contributed by atoms with Gasteiger partial charge < -0.3 is 10.6 Å². The molecule has 1 aromatic rings. The highest BCUT2D eigenvalue weighted by molar-refractivity contribution is 7.91. The first-order valence-electron chi connectivity index (χ1n) is 5.04. The van der Waals surface area contributed by atoms with Crippen LogP contribution >= 0.6 is 0 Å². The molecule has 7 heteroatoms. The summed E-state index contributed by atoms with van der Waals surface area (Å²) in [6.45, 7) is 0.964. The van der Waals surface area contributed by atoms with Gasteiger partial charge in [-0.2, -0.15) is 8.78 Å². The van der Waals surface area contributed by atoms with Crippen LogP contribution in [0.25, 0.3) is 0 Å². The second-order valence-corrected chi connectivity index (χ2v) is 5.82. The summed E-state index contributed by atoms with van der Waals surface area (Å²) in [6.07, 6.45) is 0. The van der Waals surface area contributed by atoms with Gasteiger partial charge in [0, 0.05) is 19.1 Å². The number of para-hydroxylation sites is 1. The van der Waals surface area contributed by atoms with E-state index in [-0.39, 0.29) is 10.9 Å². The number of hydrogen-bond acceptors (Lipinski definition) is 4. The van der Waals surface area contributed by atoms with Crippen LogP contribution < -0.4 is 10.6 Å². The molecule has 0 aromatic heterocycles. The minimum Gasteiger partial charge on any atom is -0.367 e. The molecule has 1 aliphatic rings. The zero-order chi connectivity index (χ0) is 12.6. The van der Waals surface area contributed by atoms with Gasteiger partial charge in [-0.25, -0.2) is 8.42 Å². The normalized spacial score (nSPS) is 17.3. The van der Waals surface area contributed by atoms with Gasteiger partial charge in [-0.3, -0.25) is 0 Å². The largest absolute Gasteiger partial charge is 0.367 e. The second-order valence-electron chi connectivity index (χ2n) is 3.94. The predicted octanol–water partition coefficient (Wildman–Crippen LogP) is 0.830. The molecule has 1 heterocycles. The summed E-state index contributed by atoms with van der Waals surface area (Å²) in [5, 5.41) is 0. The SMILES string of the molecule is NC1CN(c2ccccc2S(=O)(=O)C(F)F)C1. The van der Waals surface area contributed by atoms with Crippen LogP contribution in [-0.4, -0.2) is 33.3 Å². The quantitative estimate of drug-likeness (QED) is 0.876. The van der Waals surface area contributed by atoms with E-state index in [4.69, 9.17) is 5.73 Å². The molecule has 0 aliphatic carbocycles. The summed E-state index contributed by atoms with van der Waals surface area (Å²) in [5.41, 5.74) is 5.89. The number of nitrogens with zero attached hydrogens (tertiary/aromatic N) is 1. The number of benzene rings is 1. The molecular formula is C10H12F2N2O2S.